The van der Waals surface area contributed by atoms with Gasteiger partial charge in [0.2, 0.25) is 0 Å². The van der Waals surface area contributed by atoms with E-state index in [1.54, 1.807) is 12.1 Å². The van der Waals surface area contributed by atoms with Gasteiger partial charge in [-0.2, -0.15) is 0 Å². The number of carbonyl (C=O) groups is 1. The zero-order valence-electron chi connectivity index (χ0n) is 14.5. The molecule has 1 saturated carbocycles. The number of carbonyl (C=O) groups excluding carboxylic acids is 1. The van der Waals surface area contributed by atoms with Crippen LogP contribution in [0.3, 0.4) is 0 Å². The van der Waals surface area contributed by atoms with Crippen LogP contribution < -0.4 is 11.1 Å². The lowest BCUT2D eigenvalue weighted by Gasteiger charge is -2.10. The Morgan fingerprint density at radius 1 is 1.12 bits per heavy atom. The Balaban J connectivity index is 1.50. The molecule has 2 atom stereocenters. The number of nitrogens with two attached hydrogens (primary N) is 1. The molecule has 134 valence electrons. The molecular formula is C21H22FN3O. The molecule has 1 aliphatic rings. The van der Waals surface area contributed by atoms with Gasteiger partial charge in [0.05, 0.1) is 0 Å². The Labute approximate surface area is 151 Å². The van der Waals surface area contributed by atoms with Crippen LogP contribution in [0.4, 0.5) is 4.39 Å². The van der Waals surface area contributed by atoms with Crippen molar-refractivity contribution < 1.29 is 9.18 Å². The van der Waals surface area contributed by atoms with Gasteiger partial charge in [0.25, 0.3) is 5.91 Å². The zero-order valence-corrected chi connectivity index (χ0v) is 14.5. The Morgan fingerprint density at radius 2 is 1.88 bits per heavy atom. The van der Waals surface area contributed by atoms with Crippen molar-refractivity contribution in [3.05, 3.63) is 60.0 Å². The van der Waals surface area contributed by atoms with Crippen molar-refractivity contribution in [2.75, 3.05) is 6.54 Å². The summed E-state index contributed by atoms with van der Waals surface area (Å²) < 4.78 is 13.1. The molecule has 2 aromatic carbocycles. The van der Waals surface area contributed by atoms with Gasteiger partial charge < -0.3 is 16.0 Å². The van der Waals surface area contributed by atoms with Crippen LogP contribution in [0.25, 0.3) is 22.0 Å². The van der Waals surface area contributed by atoms with Crippen LogP contribution >= 0.6 is 0 Å². The number of fused-ring (bicyclic) bond motifs is 1. The maximum atomic E-state index is 13.1. The molecule has 3 aromatic rings. The predicted octanol–water partition coefficient (Wildman–Crippen LogP) is 3.83. The fourth-order valence-electron chi connectivity index (χ4n) is 3.70. The Kier molecular flexibility index (Phi) is 4.47. The lowest BCUT2D eigenvalue weighted by Crippen LogP contribution is -2.29. The molecule has 0 bridgehead atoms. The van der Waals surface area contributed by atoms with E-state index in [-0.39, 0.29) is 17.8 Å². The van der Waals surface area contributed by atoms with Crippen molar-refractivity contribution in [2.24, 2.45) is 11.7 Å². The topological polar surface area (TPSA) is 70.9 Å². The molecule has 1 aromatic heterocycles. The minimum absolute atomic E-state index is 0.0926. The maximum absolute atomic E-state index is 13.1. The molecule has 1 aliphatic carbocycles. The number of nitrogens with one attached hydrogen (secondary N) is 2. The zero-order chi connectivity index (χ0) is 18.1. The largest absolute Gasteiger partial charge is 0.351 e. The third-order valence-electron chi connectivity index (χ3n) is 5.18. The number of aromatic amines is 1. The summed E-state index contributed by atoms with van der Waals surface area (Å²) in [5.41, 5.74) is 9.28. The van der Waals surface area contributed by atoms with E-state index in [2.05, 4.69) is 10.3 Å². The summed E-state index contributed by atoms with van der Waals surface area (Å²) in [6, 6.07) is 14.5. The van der Waals surface area contributed by atoms with Crippen LogP contribution in [0, 0.1) is 11.7 Å². The van der Waals surface area contributed by atoms with Gasteiger partial charge in [-0.05, 0) is 60.6 Å². The number of hydrogen-bond acceptors (Lipinski definition) is 2. The molecule has 1 heterocycles. The van der Waals surface area contributed by atoms with Crippen molar-refractivity contribution in [3.63, 3.8) is 0 Å². The molecular weight excluding hydrogens is 329 g/mol. The number of H-pyrrole nitrogens is 1. The first-order valence-corrected chi connectivity index (χ1v) is 9.01. The van der Waals surface area contributed by atoms with Crippen LogP contribution in [-0.4, -0.2) is 23.5 Å². The standard InChI is InChI=1S/C21H22FN3O/c22-17-6-4-14(5-7-17)15-2-3-16-11-20(25-19(16)10-15)21(26)24-12-13-1-8-18(23)9-13/h2-7,10-11,13,18,25H,1,8-9,12,23H2,(H,24,26)/t13-,18+/m0/s1. The summed E-state index contributed by atoms with van der Waals surface area (Å²) in [7, 11) is 0. The number of amides is 1. The van der Waals surface area contributed by atoms with E-state index in [1.165, 1.54) is 12.1 Å². The lowest BCUT2D eigenvalue weighted by molar-refractivity contribution is 0.0943. The first-order valence-electron chi connectivity index (χ1n) is 9.01. The van der Waals surface area contributed by atoms with Gasteiger partial charge in [0.1, 0.15) is 11.5 Å². The molecule has 0 saturated heterocycles. The Morgan fingerprint density at radius 3 is 2.62 bits per heavy atom. The van der Waals surface area contributed by atoms with E-state index in [0.717, 1.165) is 41.3 Å². The molecule has 0 aliphatic heterocycles. The molecule has 1 fully saturated rings. The molecule has 5 heteroatoms. The van der Waals surface area contributed by atoms with Gasteiger partial charge in [-0.3, -0.25) is 4.79 Å². The summed E-state index contributed by atoms with van der Waals surface area (Å²) in [4.78, 5) is 15.6. The number of hydrogen-bond donors (Lipinski definition) is 3. The van der Waals surface area contributed by atoms with E-state index < -0.39 is 0 Å². The summed E-state index contributed by atoms with van der Waals surface area (Å²) in [5, 5.41) is 3.98. The van der Waals surface area contributed by atoms with Crippen molar-refractivity contribution in [1.82, 2.24) is 10.3 Å². The van der Waals surface area contributed by atoms with Gasteiger partial charge in [-0.1, -0.05) is 24.3 Å². The molecule has 4 N–H and O–H groups in total. The van der Waals surface area contributed by atoms with E-state index >= 15 is 0 Å². The van der Waals surface area contributed by atoms with Crippen molar-refractivity contribution >= 4 is 16.8 Å². The SMILES string of the molecule is N[C@@H]1CC[C@H](CNC(=O)c2cc3ccc(-c4ccc(F)cc4)cc3[nH]2)C1. The summed E-state index contributed by atoms with van der Waals surface area (Å²) >= 11 is 0. The second kappa shape index (κ2) is 6.92. The number of aromatic nitrogens is 1. The second-order valence-electron chi connectivity index (χ2n) is 7.14. The highest BCUT2D eigenvalue weighted by atomic mass is 19.1. The molecule has 4 rings (SSSR count). The van der Waals surface area contributed by atoms with Crippen LogP contribution in [0.1, 0.15) is 29.8 Å². The van der Waals surface area contributed by atoms with Gasteiger partial charge in [0, 0.05) is 23.5 Å². The van der Waals surface area contributed by atoms with E-state index in [9.17, 15) is 9.18 Å². The van der Waals surface area contributed by atoms with E-state index in [4.69, 9.17) is 5.73 Å². The van der Waals surface area contributed by atoms with Gasteiger partial charge in [-0.25, -0.2) is 4.39 Å². The highest BCUT2D eigenvalue weighted by molar-refractivity contribution is 5.98. The Hall–Kier alpha value is -2.66. The number of rotatable bonds is 4. The minimum Gasteiger partial charge on any atom is -0.351 e. The van der Waals surface area contributed by atoms with Gasteiger partial charge in [-0.15, -0.1) is 0 Å². The quantitative estimate of drug-likeness (QED) is 0.668. The predicted molar refractivity (Wildman–Crippen MR) is 101 cm³/mol. The fourth-order valence-corrected chi connectivity index (χ4v) is 3.70. The minimum atomic E-state index is -0.253. The van der Waals surface area contributed by atoms with Crippen LogP contribution in [-0.2, 0) is 0 Å². The monoisotopic (exact) mass is 351 g/mol. The fraction of sp³-hybridized carbons (Fsp3) is 0.286. The average Bonchev–Trinajstić information content (AvgIpc) is 3.25. The normalized spacial score (nSPS) is 19.8. The highest BCUT2D eigenvalue weighted by Gasteiger charge is 2.22. The second-order valence-corrected chi connectivity index (χ2v) is 7.14. The summed E-state index contributed by atoms with van der Waals surface area (Å²) in [6.07, 6.45) is 3.10. The third-order valence-corrected chi connectivity index (χ3v) is 5.18. The van der Waals surface area contributed by atoms with Crippen LogP contribution in [0.15, 0.2) is 48.5 Å². The van der Waals surface area contributed by atoms with E-state index in [1.807, 2.05) is 24.3 Å². The summed E-state index contributed by atoms with van der Waals surface area (Å²) in [6.45, 7) is 0.669. The highest BCUT2D eigenvalue weighted by Crippen LogP contribution is 2.26. The molecule has 0 spiro atoms. The molecule has 0 unspecified atom stereocenters. The smallest absolute Gasteiger partial charge is 0.267 e. The van der Waals surface area contributed by atoms with Crippen molar-refractivity contribution in [3.8, 4) is 11.1 Å². The first-order chi connectivity index (χ1) is 12.6. The van der Waals surface area contributed by atoms with Crippen molar-refractivity contribution in [1.29, 1.82) is 0 Å². The van der Waals surface area contributed by atoms with E-state index in [0.29, 0.717) is 18.2 Å². The Bertz CT molecular complexity index is 932. The van der Waals surface area contributed by atoms with Gasteiger partial charge in [0.15, 0.2) is 0 Å². The number of benzene rings is 2. The van der Waals surface area contributed by atoms with Crippen LogP contribution in [0.2, 0.25) is 0 Å². The van der Waals surface area contributed by atoms with Crippen LogP contribution in [0.5, 0.6) is 0 Å². The molecule has 4 nitrogen and oxygen atoms in total. The molecule has 1 amide bonds. The molecule has 0 radical (unpaired) electrons. The number of halogens is 1. The van der Waals surface area contributed by atoms with Gasteiger partial charge >= 0.3 is 0 Å². The van der Waals surface area contributed by atoms with Crippen molar-refractivity contribution in [2.45, 2.75) is 25.3 Å². The third kappa shape index (κ3) is 3.48. The molecule has 26 heavy (non-hydrogen) atoms. The average molecular weight is 351 g/mol. The lowest BCUT2D eigenvalue weighted by atomic mass is 10.0. The maximum Gasteiger partial charge on any atom is 0.267 e. The first kappa shape index (κ1) is 16.8. The summed E-state index contributed by atoms with van der Waals surface area (Å²) in [5.74, 6) is 0.130.